The summed E-state index contributed by atoms with van der Waals surface area (Å²) in [5, 5.41) is 0.533. The van der Waals surface area contributed by atoms with Crippen LogP contribution in [0.5, 0.6) is 5.75 Å². The van der Waals surface area contributed by atoms with Gasteiger partial charge in [0.2, 0.25) is 0 Å². The predicted octanol–water partition coefficient (Wildman–Crippen LogP) is 2.35. The number of hydrogen-bond acceptors (Lipinski definition) is 4. The lowest BCUT2D eigenvalue weighted by Crippen LogP contribution is -2.41. The Morgan fingerprint density at radius 1 is 1.44 bits per heavy atom. The van der Waals surface area contributed by atoms with Crippen molar-refractivity contribution in [2.24, 2.45) is 5.73 Å². The lowest BCUT2D eigenvalue weighted by Gasteiger charge is -2.34. The van der Waals surface area contributed by atoms with Crippen LogP contribution < -0.4 is 15.4 Å². The standard InChI is InChI=1S/C14H22N2OS/c1-11(2)17-14-6-4-3-5-13(14)16-7-8-18-12(9-15)10-16/h3-6,11-12H,7-10,15H2,1-2H3. The van der Waals surface area contributed by atoms with E-state index in [1.807, 2.05) is 17.8 Å². The van der Waals surface area contributed by atoms with Crippen LogP contribution in [0.25, 0.3) is 0 Å². The van der Waals surface area contributed by atoms with E-state index in [4.69, 9.17) is 10.5 Å². The normalized spacial score (nSPS) is 20.2. The fourth-order valence-corrected chi connectivity index (χ4v) is 3.23. The van der Waals surface area contributed by atoms with Gasteiger partial charge in [0.05, 0.1) is 11.8 Å². The molecule has 1 fully saturated rings. The molecule has 18 heavy (non-hydrogen) atoms. The van der Waals surface area contributed by atoms with Crippen molar-refractivity contribution in [3.05, 3.63) is 24.3 Å². The lowest BCUT2D eigenvalue weighted by molar-refractivity contribution is 0.243. The van der Waals surface area contributed by atoms with Crippen LogP contribution in [0.2, 0.25) is 0 Å². The molecule has 3 nitrogen and oxygen atoms in total. The van der Waals surface area contributed by atoms with Gasteiger partial charge in [0.15, 0.2) is 0 Å². The zero-order valence-electron chi connectivity index (χ0n) is 11.1. The van der Waals surface area contributed by atoms with E-state index in [0.29, 0.717) is 5.25 Å². The molecule has 1 aliphatic heterocycles. The minimum atomic E-state index is 0.204. The molecule has 2 rings (SSSR count). The van der Waals surface area contributed by atoms with E-state index in [2.05, 4.69) is 36.9 Å². The Morgan fingerprint density at radius 2 is 2.22 bits per heavy atom. The summed E-state index contributed by atoms with van der Waals surface area (Å²) in [7, 11) is 0. The second-order valence-electron chi connectivity index (χ2n) is 4.81. The molecule has 1 unspecified atom stereocenters. The molecule has 1 aromatic carbocycles. The number of thioether (sulfide) groups is 1. The molecule has 1 aromatic rings. The first-order valence-electron chi connectivity index (χ1n) is 6.53. The molecular weight excluding hydrogens is 244 g/mol. The van der Waals surface area contributed by atoms with Gasteiger partial charge in [-0.1, -0.05) is 12.1 Å². The van der Waals surface area contributed by atoms with Crippen LogP contribution in [-0.4, -0.2) is 36.7 Å². The van der Waals surface area contributed by atoms with Crippen molar-refractivity contribution in [1.29, 1.82) is 0 Å². The van der Waals surface area contributed by atoms with E-state index in [9.17, 15) is 0 Å². The molecule has 0 aliphatic carbocycles. The molecule has 1 heterocycles. The smallest absolute Gasteiger partial charge is 0.142 e. The molecule has 1 atom stereocenters. The Bertz CT molecular complexity index is 384. The minimum absolute atomic E-state index is 0.204. The largest absolute Gasteiger partial charge is 0.489 e. The number of benzene rings is 1. The van der Waals surface area contributed by atoms with E-state index in [1.165, 1.54) is 5.69 Å². The van der Waals surface area contributed by atoms with Crippen molar-refractivity contribution in [3.8, 4) is 5.75 Å². The first-order valence-corrected chi connectivity index (χ1v) is 7.58. The number of hydrogen-bond donors (Lipinski definition) is 1. The topological polar surface area (TPSA) is 38.5 Å². The van der Waals surface area contributed by atoms with Gasteiger partial charge in [-0.3, -0.25) is 0 Å². The van der Waals surface area contributed by atoms with Crippen LogP contribution in [0.4, 0.5) is 5.69 Å². The highest BCUT2D eigenvalue weighted by atomic mass is 32.2. The Morgan fingerprint density at radius 3 is 2.94 bits per heavy atom. The molecule has 2 N–H and O–H groups in total. The molecule has 0 saturated carbocycles. The van der Waals surface area contributed by atoms with Crippen LogP contribution in [0.15, 0.2) is 24.3 Å². The maximum Gasteiger partial charge on any atom is 0.142 e. The summed E-state index contributed by atoms with van der Waals surface area (Å²) in [5.74, 6) is 2.12. The number of anilines is 1. The lowest BCUT2D eigenvalue weighted by atomic mass is 10.2. The van der Waals surface area contributed by atoms with Gasteiger partial charge < -0.3 is 15.4 Å². The molecule has 0 aromatic heterocycles. The molecule has 0 radical (unpaired) electrons. The molecular formula is C14H22N2OS. The van der Waals surface area contributed by atoms with Crippen molar-refractivity contribution in [1.82, 2.24) is 0 Å². The van der Waals surface area contributed by atoms with Gasteiger partial charge in [-0.2, -0.15) is 11.8 Å². The Kier molecular flexibility index (Phi) is 4.78. The quantitative estimate of drug-likeness (QED) is 0.908. The zero-order chi connectivity index (χ0) is 13.0. The summed E-state index contributed by atoms with van der Waals surface area (Å²) in [6.45, 7) is 6.95. The van der Waals surface area contributed by atoms with Crippen molar-refractivity contribution in [2.75, 3.05) is 30.3 Å². The summed E-state index contributed by atoms with van der Waals surface area (Å²) in [6.07, 6.45) is 0.204. The first-order chi connectivity index (χ1) is 8.70. The van der Waals surface area contributed by atoms with Crippen molar-refractivity contribution in [3.63, 3.8) is 0 Å². The Hall–Kier alpha value is -0.870. The third-order valence-corrected chi connectivity index (χ3v) is 4.20. The van der Waals surface area contributed by atoms with Crippen LogP contribution in [-0.2, 0) is 0 Å². The molecule has 4 heteroatoms. The van der Waals surface area contributed by atoms with E-state index in [0.717, 1.165) is 31.1 Å². The second-order valence-corrected chi connectivity index (χ2v) is 6.22. The minimum Gasteiger partial charge on any atom is -0.489 e. The Labute approximate surface area is 114 Å². The molecule has 1 aliphatic rings. The van der Waals surface area contributed by atoms with Crippen LogP contribution in [0.3, 0.4) is 0 Å². The number of rotatable bonds is 4. The van der Waals surface area contributed by atoms with Crippen molar-refractivity contribution >= 4 is 17.4 Å². The van der Waals surface area contributed by atoms with Gasteiger partial charge in [0.1, 0.15) is 5.75 Å². The number of para-hydroxylation sites is 2. The highest BCUT2D eigenvalue weighted by Crippen LogP contribution is 2.32. The third kappa shape index (κ3) is 3.33. The molecule has 0 amide bonds. The maximum absolute atomic E-state index is 5.89. The Balaban J connectivity index is 2.16. The first kappa shape index (κ1) is 13.6. The van der Waals surface area contributed by atoms with Gasteiger partial charge in [-0.05, 0) is 26.0 Å². The second kappa shape index (κ2) is 6.34. The average molecular weight is 266 g/mol. The van der Waals surface area contributed by atoms with E-state index >= 15 is 0 Å². The van der Waals surface area contributed by atoms with E-state index < -0.39 is 0 Å². The predicted molar refractivity (Wildman–Crippen MR) is 79.7 cm³/mol. The fraction of sp³-hybridized carbons (Fsp3) is 0.571. The summed E-state index contributed by atoms with van der Waals surface area (Å²) < 4.78 is 5.89. The highest BCUT2D eigenvalue weighted by Gasteiger charge is 2.21. The highest BCUT2D eigenvalue weighted by molar-refractivity contribution is 8.00. The van der Waals surface area contributed by atoms with Crippen LogP contribution in [0, 0.1) is 0 Å². The van der Waals surface area contributed by atoms with Gasteiger partial charge in [-0.15, -0.1) is 0 Å². The van der Waals surface area contributed by atoms with Gasteiger partial charge in [-0.25, -0.2) is 0 Å². The number of nitrogens with two attached hydrogens (primary N) is 1. The number of ether oxygens (including phenoxy) is 1. The summed E-state index contributed by atoms with van der Waals surface area (Å²) >= 11 is 1.97. The molecule has 100 valence electrons. The number of nitrogens with zero attached hydrogens (tertiary/aromatic N) is 1. The summed E-state index contributed by atoms with van der Waals surface area (Å²) in [5.41, 5.74) is 6.98. The van der Waals surface area contributed by atoms with Crippen LogP contribution >= 0.6 is 11.8 Å². The van der Waals surface area contributed by atoms with Gasteiger partial charge in [0, 0.05) is 30.6 Å². The van der Waals surface area contributed by atoms with E-state index in [-0.39, 0.29) is 6.10 Å². The molecule has 0 bridgehead atoms. The van der Waals surface area contributed by atoms with Gasteiger partial charge >= 0.3 is 0 Å². The molecule has 1 saturated heterocycles. The van der Waals surface area contributed by atoms with Crippen molar-refractivity contribution in [2.45, 2.75) is 25.2 Å². The summed E-state index contributed by atoms with van der Waals surface area (Å²) in [6, 6.07) is 8.29. The summed E-state index contributed by atoms with van der Waals surface area (Å²) in [4.78, 5) is 2.39. The fourth-order valence-electron chi connectivity index (χ4n) is 2.15. The SMILES string of the molecule is CC(C)Oc1ccccc1N1CCSC(CN)C1. The molecule has 0 spiro atoms. The van der Waals surface area contributed by atoms with Crippen LogP contribution in [0.1, 0.15) is 13.8 Å². The monoisotopic (exact) mass is 266 g/mol. The zero-order valence-corrected chi connectivity index (χ0v) is 12.0. The average Bonchev–Trinajstić information content (AvgIpc) is 2.39. The third-order valence-electron chi connectivity index (χ3n) is 2.97. The van der Waals surface area contributed by atoms with E-state index in [1.54, 1.807) is 0 Å². The van der Waals surface area contributed by atoms with Gasteiger partial charge in [0.25, 0.3) is 0 Å². The van der Waals surface area contributed by atoms with Crippen molar-refractivity contribution < 1.29 is 4.74 Å². The maximum atomic E-state index is 5.89.